The molecule has 0 aromatic rings. The first-order chi connectivity index (χ1) is 20.0. The van der Waals surface area contributed by atoms with Gasteiger partial charge in [-0.1, -0.05) is 110 Å². The molecule has 0 aliphatic heterocycles. The van der Waals surface area contributed by atoms with Crippen LogP contribution in [0.3, 0.4) is 0 Å². The number of carbonyl (C=O) groups excluding carboxylic acids is 1. The highest BCUT2D eigenvalue weighted by atomic mass is 16.4. The first-order valence-corrected chi connectivity index (χ1v) is 17.2. The quantitative estimate of drug-likeness (QED) is 0.0501. The van der Waals surface area contributed by atoms with Crippen molar-refractivity contribution in [3.63, 3.8) is 0 Å². The molecule has 246 valence electrons. The summed E-state index contributed by atoms with van der Waals surface area (Å²) >= 11 is 0. The van der Waals surface area contributed by atoms with Crippen LogP contribution in [0.15, 0.2) is 12.2 Å². The van der Waals surface area contributed by atoms with Crippen LogP contribution in [0.1, 0.15) is 150 Å². The van der Waals surface area contributed by atoms with E-state index in [1.54, 1.807) is 20.8 Å². The summed E-state index contributed by atoms with van der Waals surface area (Å²) < 4.78 is 0.586. The second-order valence-electron chi connectivity index (χ2n) is 13.0. The third-order valence-electron chi connectivity index (χ3n) is 9.09. The first-order valence-electron chi connectivity index (χ1n) is 17.2. The van der Waals surface area contributed by atoms with Crippen LogP contribution in [0.5, 0.6) is 0 Å². The molecule has 0 aliphatic carbocycles. The minimum absolute atomic E-state index is 0.447. The van der Waals surface area contributed by atoms with Gasteiger partial charge in [0.2, 0.25) is 0 Å². The fourth-order valence-electron chi connectivity index (χ4n) is 5.61. The highest BCUT2D eigenvalue weighted by molar-refractivity contribution is 5.69. The number of carbonyl (C=O) groups is 3. The van der Waals surface area contributed by atoms with Crippen LogP contribution < -0.4 is 5.11 Å². The van der Waals surface area contributed by atoms with E-state index < -0.39 is 35.7 Å². The summed E-state index contributed by atoms with van der Waals surface area (Å²) in [6.07, 6.45) is 26.3. The van der Waals surface area contributed by atoms with Crippen molar-refractivity contribution in [3.05, 3.63) is 12.2 Å². The summed E-state index contributed by atoms with van der Waals surface area (Å²) in [5.41, 5.74) is 0. The maximum atomic E-state index is 11.5. The number of aliphatic carboxylic acids is 3. The minimum atomic E-state index is -1.07. The lowest BCUT2D eigenvalue weighted by atomic mass is 10.0. The lowest BCUT2D eigenvalue weighted by Gasteiger charge is -2.41. The summed E-state index contributed by atoms with van der Waals surface area (Å²) in [7, 11) is 0. The predicted octanol–water partition coefficient (Wildman–Crippen LogP) is 7.62. The first kappa shape index (κ1) is 40.1. The predicted molar refractivity (Wildman–Crippen MR) is 170 cm³/mol. The summed E-state index contributed by atoms with van der Waals surface area (Å²) in [6.45, 7) is 9.82. The average Bonchev–Trinajstić information content (AvgIpc) is 2.96. The Morgan fingerprint density at radius 2 is 0.905 bits per heavy atom. The second-order valence-corrected chi connectivity index (χ2v) is 13.0. The van der Waals surface area contributed by atoms with Gasteiger partial charge in [-0.25, -0.2) is 0 Å². The van der Waals surface area contributed by atoms with E-state index in [1.807, 2.05) is 0 Å². The van der Waals surface area contributed by atoms with Gasteiger partial charge in [0.1, 0.15) is 0 Å². The molecule has 42 heavy (non-hydrogen) atoms. The van der Waals surface area contributed by atoms with Crippen molar-refractivity contribution in [1.29, 1.82) is 0 Å². The Morgan fingerprint density at radius 1 is 0.571 bits per heavy atom. The monoisotopic (exact) mass is 595 g/mol. The molecule has 0 aromatic carbocycles. The number of rotatable bonds is 30. The number of allylic oxidation sites excluding steroid dienone is 2. The molecule has 0 bridgehead atoms. The molecule has 2 N–H and O–H groups in total. The molecular formula is C35H65NO6. The standard InChI is InChI=1S/C35H65NO6/c1-5-6-7-8-9-10-11-12-13-14-15-16-17-18-19-20-21-22-26-36(27-23-30(2)33(37)38,28-24-31(3)34(39)40)29-25-32(4)35(41)42/h5-6,30-32H,7-29H2,1-4H3,(H2-,37,38,39,40,41,42)/b6-5+. The molecule has 3 atom stereocenters. The van der Waals surface area contributed by atoms with Crippen LogP contribution in [-0.2, 0) is 14.4 Å². The number of hydrogen-bond donors (Lipinski definition) is 2. The SMILES string of the molecule is C/C=C/CCCCCCCCCCCCCCCCC[N+](CCC(C)C(=O)[O-])(CCC(C)C(=O)O)CCC(C)C(=O)O. The molecule has 7 heteroatoms. The third-order valence-corrected chi connectivity index (χ3v) is 9.09. The van der Waals surface area contributed by atoms with Crippen LogP contribution in [-0.4, -0.2) is 58.8 Å². The van der Waals surface area contributed by atoms with Gasteiger partial charge in [0.05, 0.1) is 38.0 Å². The van der Waals surface area contributed by atoms with Crippen molar-refractivity contribution in [2.75, 3.05) is 26.2 Å². The number of nitrogens with zero attached hydrogens (tertiary/aromatic N) is 1. The number of carboxylic acids is 3. The van der Waals surface area contributed by atoms with Crippen molar-refractivity contribution in [3.8, 4) is 0 Å². The molecule has 0 rings (SSSR count). The Hall–Kier alpha value is -1.89. The molecule has 0 fully saturated rings. The van der Waals surface area contributed by atoms with Crippen molar-refractivity contribution in [2.45, 2.75) is 150 Å². The molecule has 0 aliphatic rings. The molecule has 0 spiro atoms. The maximum absolute atomic E-state index is 11.5. The molecule has 7 nitrogen and oxygen atoms in total. The Balaban J connectivity index is 4.47. The maximum Gasteiger partial charge on any atom is 0.306 e. The molecular weight excluding hydrogens is 530 g/mol. The van der Waals surface area contributed by atoms with E-state index in [4.69, 9.17) is 0 Å². The summed E-state index contributed by atoms with van der Waals surface area (Å²) in [4.78, 5) is 34.4. The largest absolute Gasteiger partial charge is 0.550 e. The van der Waals surface area contributed by atoms with Gasteiger partial charge in [-0.05, 0) is 32.6 Å². The van der Waals surface area contributed by atoms with Gasteiger partial charge in [0, 0.05) is 31.1 Å². The summed E-state index contributed by atoms with van der Waals surface area (Å²) in [5, 5.41) is 30.2. The molecule has 0 amide bonds. The van der Waals surface area contributed by atoms with E-state index in [0.29, 0.717) is 43.4 Å². The van der Waals surface area contributed by atoms with Gasteiger partial charge in [-0.15, -0.1) is 0 Å². The Labute approximate surface area is 257 Å². The molecule has 3 unspecified atom stereocenters. The van der Waals surface area contributed by atoms with Crippen molar-refractivity contribution in [1.82, 2.24) is 0 Å². The molecule has 0 saturated carbocycles. The van der Waals surface area contributed by atoms with Crippen molar-refractivity contribution < 1.29 is 34.2 Å². The highest BCUT2D eigenvalue weighted by Crippen LogP contribution is 2.22. The number of carboxylic acid groups (broad SMARTS) is 3. The Bertz CT molecular complexity index is 677. The van der Waals surface area contributed by atoms with Crippen LogP contribution in [0, 0.1) is 17.8 Å². The van der Waals surface area contributed by atoms with Crippen LogP contribution in [0.25, 0.3) is 0 Å². The molecule has 0 aromatic heterocycles. The Kier molecular flexibility index (Phi) is 24.4. The van der Waals surface area contributed by atoms with Gasteiger partial charge < -0.3 is 24.6 Å². The van der Waals surface area contributed by atoms with E-state index in [2.05, 4.69) is 19.1 Å². The minimum Gasteiger partial charge on any atom is -0.550 e. The normalized spacial score (nSPS) is 15.3. The van der Waals surface area contributed by atoms with E-state index in [1.165, 1.54) is 89.9 Å². The molecule has 0 saturated heterocycles. The van der Waals surface area contributed by atoms with Crippen molar-refractivity contribution >= 4 is 17.9 Å². The van der Waals surface area contributed by atoms with Crippen LogP contribution in [0.2, 0.25) is 0 Å². The zero-order valence-electron chi connectivity index (χ0n) is 27.6. The van der Waals surface area contributed by atoms with Crippen LogP contribution in [0.4, 0.5) is 0 Å². The average molecular weight is 596 g/mol. The fourth-order valence-corrected chi connectivity index (χ4v) is 5.61. The van der Waals surface area contributed by atoms with E-state index >= 15 is 0 Å². The van der Waals surface area contributed by atoms with Gasteiger partial charge in [-0.2, -0.15) is 0 Å². The molecule has 0 radical (unpaired) electrons. The van der Waals surface area contributed by atoms with Gasteiger partial charge in [0.15, 0.2) is 0 Å². The summed E-state index contributed by atoms with van der Waals surface area (Å²) in [5.74, 6) is -4.30. The zero-order chi connectivity index (χ0) is 31.6. The zero-order valence-corrected chi connectivity index (χ0v) is 27.6. The number of quaternary nitrogens is 1. The lowest BCUT2D eigenvalue weighted by molar-refractivity contribution is -0.929. The summed E-state index contributed by atoms with van der Waals surface area (Å²) in [6, 6.07) is 0. The fraction of sp³-hybridized carbons (Fsp3) is 0.857. The van der Waals surface area contributed by atoms with E-state index in [9.17, 15) is 29.7 Å². The second kappa shape index (κ2) is 25.6. The lowest BCUT2D eigenvalue weighted by Crippen LogP contribution is -2.52. The van der Waals surface area contributed by atoms with Crippen molar-refractivity contribution in [2.24, 2.45) is 17.8 Å². The topological polar surface area (TPSA) is 115 Å². The van der Waals surface area contributed by atoms with Crippen LogP contribution >= 0.6 is 0 Å². The van der Waals surface area contributed by atoms with E-state index in [-0.39, 0.29) is 0 Å². The number of unbranched alkanes of at least 4 members (excludes halogenated alkanes) is 15. The van der Waals surface area contributed by atoms with Gasteiger partial charge in [0.25, 0.3) is 0 Å². The number of hydrogen-bond acceptors (Lipinski definition) is 4. The van der Waals surface area contributed by atoms with Gasteiger partial charge >= 0.3 is 11.9 Å². The highest BCUT2D eigenvalue weighted by Gasteiger charge is 2.30. The molecule has 0 heterocycles. The van der Waals surface area contributed by atoms with Gasteiger partial charge in [-0.3, -0.25) is 9.59 Å². The smallest absolute Gasteiger partial charge is 0.306 e. The third kappa shape index (κ3) is 21.8. The Morgan fingerprint density at radius 3 is 1.24 bits per heavy atom. The van der Waals surface area contributed by atoms with E-state index in [0.717, 1.165) is 19.4 Å².